The first-order valence-electron chi connectivity index (χ1n) is 11.4. The fraction of sp³-hybridized carbons (Fsp3) is 0.739. The maximum Gasteiger partial charge on any atom is 0.330 e. The zero-order chi connectivity index (χ0) is 23.2. The molecule has 0 atom stereocenters. The van der Waals surface area contributed by atoms with Crippen molar-refractivity contribution >= 4 is 19.5 Å². The summed E-state index contributed by atoms with van der Waals surface area (Å²) in [4.78, 5) is 21.8. The van der Waals surface area contributed by atoms with Crippen LogP contribution in [0, 0.1) is 0 Å². The lowest BCUT2D eigenvalue weighted by Gasteiger charge is -2.18. The molecule has 8 heteroatoms. The summed E-state index contributed by atoms with van der Waals surface area (Å²) in [6.07, 6.45) is 12.8. The zero-order valence-corrected chi connectivity index (χ0v) is 20.1. The van der Waals surface area contributed by atoms with Crippen LogP contribution in [-0.2, 0) is 32.7 Å². The van der Waals surface area contributed by atoms with Gasteiger partial charge in [0.15, 0.2) is 0 Å². The third kappa shape index (κ3) is 19.0. The van der Waals surface area contributed by atoms with Gasteiger partial charge in [-0.25, -0.2) is 9.59 Å². The van der Waals surface area contributed by atoms with Gasteiger partial charge in [-0.15, -0.1) is 0 Å². The second kappa shape index (κ2) is 20.5. The third-order valence-electron chi connectivity index (χ3n) is 4.47. The predicted octanol–water partition coefficient (Wildman–Crippen LogP) is 5.98. The molecule has 0 amide bonds. The first-order chi connectivity index (χ1) is 15.0. The molecule has 0 aliphatic heterocycles. The van der Waals surface area contributed by atoms with Gasteiger partial charge in [-0.05, 0) is 32.1 Å². The van der Waals surface area contributed by atoms with Crippen molar-refractivity contribution in [1.29, 1.82) is 0 Å². The normalized spacial score (nSPS) is 11.1. The summed E-state index contributed by atoms with van der Waals surface area (Å²) in [7, 11) is -3.01. The van der Waals surface area contributed by atoms with Gasteiger partial charge in [0.25, 0.3) is 0 Å². The van der Waals surface area contributed by atoms with E-state index in [1.807, 2.05) is 6.92 Å². The monoisotopic (exact) mass is 460 g/mol. The van der Waals surface area contributed by atoms with Gasteiger partial charge in [-0.3, -0.25) is 4.57 Å². The van der Waals surface area contributed by atoms with Crippen molar-refractivity contribution in [1.82, 2.24) is 0 Å². The smallest absolute Gasteiger partial charge is 0.330 e. The molecule has 0 fully saturated rings. The molecule has 0 saturated heterocycles. The minimum atomic E-state index is -3.01. The number of carbonyl (C=O) groups excluding carboxylic acids is 2. The Bertz CT molecular complexity index is 506. The van der Waals surface area contributed by atoms with Gasteiger partial charge >= 0.3 is 19.5 Å². The standard InChI is InChI=1S/C23H41O7P/c1-4-21-31(26,29-19-15-11-7-9-13-17-27-22(24)5-2)30-20-16-12-8-10-14-18-28-23(25)6-3/h5-6H,2-4,7-21H2,1H3. The van der Waals surface area contributed by atoms with E-state index in [0.717, 1.165) is 70.6 Å². The molecule has 0 bridgehead atoms. The van der Waals surface area contributed by atoms with E-state index in [1.165, 1.54) is 12.2 Å². The third-order valence-corrected chi connectivity index (χ3v) is 6.62. The molecule has 0 aromatic heterocycles. The zero-order valence-electron chi connectivity index (χ0n) is 19.2. The molecule has 0 rings (SSSR count). The molecule has 0 aromatic rings. The fourth-order valence-electron chi connectivity index (χ4n) is 2.78. The summed E-state index contributed by atoms with van der Waals surface area (Å²) in [5.74, 6) is -0.766. The summed E-state index contributed by atoms with van der Waals surface area (Å²) < 4.78 is 33.9. The van der Waals surface area contributed by atoms with Crippen LogP contribution in [0.5, 0.6) is 0 Å². The Labute approximate surface area is 188 Å². The minimum absolute atomic E-state index is 0.383. The highest BCUT2D eigenvalue weighted by Gasteiger charge is 2.22. The number of hydrogen-bond acceptors (Lipinski definition) is 7. The molecule has 0 unspecified atom stereocenters. The van der Waals surface area contributed by atoms with Crippen LogP contribution in [0.2, 0.25) is 0 Å². The van der Waals surface area contributed by atoms with Crippen LogP contribution in [0.1, 0.15) is 77.6 Å². The molecule has 31 heavy (non-hydrogen) atoms. The topological polar surface area (TPSA) is 88.1 Å². The molecule has 0 radical (unpaired) electrons. The van der Waals surface area contributed by atoms with E-state index in [2.05, 4.69) is 13.2 Å². The van der Waals surface area contributed by atoms with E-state index in [-0.39, 0.29) is 11.9 Å². The number of rotatable bonds is 22. The van der Waals surface area contributed by atoms with Crippen molar-refractivity contribution in [3.05, 3.63) is 25.3 Å². The Morgan fingerprint density at radius 3 is 1.39 bits per heavy atom. The fourth-order valence-corrected chi connectivity index (χ4v) is 4.47. The number of unbranched alkanes of at least 4 members (excludes halogenated alkanes) is 8. The largest absolute Gasteiger partial charge is 0.463 e. The maximum absolute atomic E-state index is 12.8. The van der Waals surface area contributed by atoms with Crippen LogP contribution in [0.4, 0.5) is 0 Å². The van der Waals surface area contributed by atoms with Crippen LogP contribution >= 0.6 is 7.60 Å². The predicted molar refractivity (Wildman–Crippen MR) is 123 cm³/mol. The SMILES string of the molecule is C=CC(=O)OCCCCCCCOP(=O)(CCC)OCCCCCCCOC(=O)C=C. The highest BCUT2D eigenvalue weighted by Crippen LogP contribution is 2.49. The van der Waals surface area contributed by atoms with Crippen molar-refractivity contribution in [3.8, 4) is 0 Å². The van der Waals surface area contributed by atoms with Crippen molar-refractivity contribution in [2.75, 3.05) is 32.6 Å². The lowest BCUT2D eigenvalue weighted by molar-refractivity contribution is -0.138. The molecule has 0 aliphatic carbocycles. The van der Waals surface area contributed by atoms with Crippen LogP contribution in [0.15, 0.2) is 25.3 Å². The molecular formula is C23H41O7P. The first-order valence-corrected chi connectivity index (χ1v) is 13.2. The molecule has 7 nitrogen and oxygen atoms in total. The Hall–Kier alpha value is -1.43. The highest BCUT2D eigenvalue weighted by atomic mass is 31.2. The lowest BCUT2D eigenvalue weighted by atomic mass is 10.1. The van der Waals surface area contributed by atoms with E-state index in [1.54, 1.807) is 0 Å². The van der Waals surface area contributed by atoms with Crippen LogP contribution < -0.4 is 0 Å². The highest BCUT2D eigenvalue weighted by molar-refractivity contribution is 7.53. The average Bonchev–Trinajstić information content (AvgIpc) is 2.76. The van der Waals surface area contributed by atoms with Crippen LogP contribution in [0.3, 0.4) is 0 Å². The molecular weight excluding hydrogens is 419 g/mol. The van der Waals surface area contributed by atoms with Crippen molar-refractivity contribution in [2.24, 2.45) is 0 Å². The average molecular weight is 461 g/mol. The second-order valence-corrected chi connectivity index (χ2v) is 9.47. The number of carbonyl (C=O) groups is 2. The van der Waals surface area contributed by atoms with Crippen LogP contribution in [-0.4, -0.2) is 44.5 Å². The number of esters is 2. The molecule has 180 valence electrons. The Morgan fingerprint density at radius 1 is 0.677 bits per heavy atom. The van der Waals surface area contributed by atoms with E-state index < -0.39 is 7.60 Å². The van der Waals surface area contributed by atoms with Gasteiger partial charge in [-0.2, -0.15) is 0 Å². The summed E-state index contributed by atoms with van der Waals surface area (Å²) in [5, 5.41) is 0. The Morgan fingerprint density at radius 2 is 1.03 bits per heavy atom. The molecule has 0 aromatic carbocycles. The van der Waals surface area contributed by atoms with Gasteiger partial charge in [0, 0.05) is 18.3 Å². The summed E-state index contributed by atoms with van der Waals surface area (Å²) in [6.45, 7) is 10.4. The van der Waals surface area contributed by atoms with Gasteiger partial charge in [-0.1, -0.05) is 58.6 Å². The molecule has 0 heterocycles. The Balaban J connectivity index is 3.72. The van der Waals surface area contributed by atoms with E-state index >= 15 is 0 Å². The quantitative estimate of drug-likeness (QED) is 0.0849. The van der Waals surface area contributed by atoms with E-state index in [9.17, 15) is 14.2 Å². The van der Waals surface area contributed by atoms with Crippen molar-refractivity contribution in [3.63, 3.8) is 0 Å². The minimum Gasteiger partial charge on any atom is -0.463 e. The van der Waals surface area contributed by atoms with Gasteiger partial charge in [0.2, 0.25) is 0 Å². The first kappa shape index (κ1) is 29.6. The van der Waals surface area contributed by atoms with E-state index in [4.69, 9.17) is 18.5 Å². The summed E-state index contributed by atoms with van der Waals surface area (Å²) in [6, 6.07) is 0. The van der Waals surface area contributed by atoms with Gasteiger partial charge < -0.3 is 18.5 Å². The second-order valence-electron chi connectivity index (χ2n) is 7.28. The Kier molecular flexibility index (Phi) is 19.5. The lowest BCUT2D eigenvalue weighted by Crippen LogP contribution is -2.03. The molecule has 0 spiro atoms. The van der Waals surface area contributed by atoms with Crippen LogP contribution in [0.25, 0.3) is 0 Å². The number of hydrogen-bond donors (Lipinski definition) is 0. The molecule has 0 saturated carbocycles. The van der Waals surface area contributed by atoms with Crippen molar-refractivity contribution in [2.45, 2.75) is 77.6 Å². The number of ether oxygens (including phenoxy) is 2. The summed E-state index contributed by atoms with van der Waals surface area (Å²) in [5.41, 5.74) is 0. The van der Waals surface area contributed by atoms with Crippen molar-refractivity contribution < 1.29 is 32.7 Å². The van der Waals surface area contributed by atoms with E-state index in [0.29, 0.717) is 32.6 Å². The van der Waals surface area contributed by atoms with Gasteiger partial charge in [0.1, 0.15) is 0 Å². The summed E-state index contributed by atoms with van der Waals surface area (Å²) >= 11 is 0. The van der Waals surface area contributed by atoms with Gasteiger partial charge in [0.05, 0.1) is 26.4 Å². The maximum atomic E-state index is 12.8. The molecule has 0 N–H and O–H groups in total. The molecule has 0 aliphatic rings.